The van der Waals surface area contributed by atoms with E-state index in [-0.39, 0.29) is 0 Å². The Bertz CT molecular complexity index is 384. The molecule has 0 radical (unpaired) electrons. The Labute approximate surface area is 124 Å². The number of carbonyl (C=O) groups excluding carboxylic acids is 2. The molecule has 1 aliphatic carbocycles. The van der Waals surface area contributed by atoms with E-state index in [9.17, 15) is 14.7 Å². The molecule has 120 valence electrons. The molecule has 4 N–H and O–H groups in total. The molecule has 1 aliphatic heterocycles. The lowest BCUT2D eigenvalue weighted by Gasteiger charge is -2.29. The van der Waals surface area contributed by atoms with Gasteiger partial charge in [-0.2, -0.15) is 0 Å². The Balaban J connectivity index is 1.94. The van der Waals surface area contributed by atoms with E-state index in [0.29, 0.717) is 12.3 Å². The van der Waals surface area contributed by atoms with Gasteiger partial charge >= 0.3 is 12.1 Å². The maximum atomic E-state index is 11.6. The Kier molecular flexibility index (Phi) is 5.41. The average molecular weight is 300 g/mol. The molecular formula is C14H24N2O5. The number of rotatable bonds is 5. The first-order valence-electron chi connectivity index (χ1n) is 7.51. The van der Waals surface area contributed by atoms with E-state index in [1.54, 1.807) is 0 Å². The third-order valence-electron chi connectivity index (χ3n) is 4.41. The minimum absolute atomic E-state index is 0.491. The Morgan fingerprint density at radius 1 is 1.48 bits per heavy atom. The molecule has 7 nitrogen and oxygen atoms in total. The van der Waals surface area contributed by atoms with Crippen LogP contribution in [0.1, 0.15) is 38.5 Å². The highest BCUT2D eigenvalue weighted by molar-refractivity contribution is 5.85. The Hall–Kier alpha value is -1.34. The molecule has 0 aromatic rings. The number of hydrogen-bond donors (Lipinski definition) is 3. The van der Waals surface area contributed by atoms with Gasteiger partial charge in [-0.05, 0) is 12.3 Å². The molecule has 0 aromatic carbocycles. The standard InChI is InChI=1S/C14H24N2O5/c1-20-13(18)10-12(21-14(19)16-10)11(17)9(15)7-8-5-3-2-4-6-8/h8-12,17H,2-7,15H2,1H3,(H,16,19). The first kappa shape index (κ1) is 16.0. The van der Waals surface area contributed by atoms with Gasteiger partial charge < -0.3 is 25.6 Å². The van der Waals surface area contributed by atoms with E-state index in [0.717, 1.165) is 12.8 Å². The van der Waals surface area contributed by atoms with Crippen LogP contribution in [0.4, 0.5) is 4.79 Å². The van der Waals surface area contributed by atoms with Crippen molar-refractivity contribution in [1.29, 1.82) is 0 Å². The quantitative estimate of drug-likeness (QED) is 0.630. The summed E-state index contributed by atoms with van der Waals surface area (Å²) in [5, 5.41) is 12.7. The van der Waals surface area contributed by atoms with Crippen LogP contribution in [0.2, 0.25) is 0 Å². The zero-order chi connectivity index (χ0) is 15.4. The van der Waals surface area contributed by atoms with Crippen LogP contribution in [0.5, 0.6) is 0 Å². The van der Waals surface area contributed by atoms with E-state index in [1.165, 1.54) is 26.4 Å². The van der Waals surface area contributed by atoms with Crippen LogP contribution in [0.15, 0.2) is 0 Å². The van der Waals surface area contributed by atoms with E-state index in [4.69, 9.17) is 10.5 Å². The van der Waals surface area contributed by atoms with Crippen molar-refractivity contribution in [3.05, 3.63) is 0 Å². The van der Waals surface area contributed by atoms with E-state index < -0.39 is 36.4 Å². The first-order chi connectivity index (χ1) is 10.0. The molecule has 4 atom stereocenters. The van der Waals surface area contributed by atoms with Gasteiger partial charge in [0.1, 0.15) is 6.10 Å². The predicted octanol–water partition coefficient (Wildman–Crippen LogP) is 0.295. The van der Waals surface area contributed by atoms with Gasteiger partial charge in [-0.3, -0.25) is 0 Å². The van der Waals surface area contributed by atoms with Crippen LogP contribution in [0.25, 0.3) is 0 Å². The summed E-state index contributed by atoms with van der Waals surface area (Å²) in [4.78, 5) is 22.9. The largest absolute Gasteiger partial charge is 0.467 e. The molecular weight excluding hydrogens is 276 g/mol. The predicted molar refractivity (Wildman–Crippen MR) is 74.4 cm³/mol. The number of aliphatic hydroxyl groups excluding tert-OH is 1. The zero-order valence-corrected chi connectivity index (χ0v) is 12.3. The molecule has 4 unspecified atom stereocenters. The molecule has 1 saturated carbocycles. The summed E-state index contributed by atoms with van der Waals surface area (Å²) in [5.41, 5.74) is 6.06. The summed E-state index contributed by atoms with van der Waals surface area (Å²) in [6.45, 7) is 0. The second-order valence-corrected chi connectivity index (χ2v) is 5.91. The van der Waals surface area contributed by atoms with E-state index >= 15 is 0 Å². The van der Waals surface area contributed by atoms with Crippen LogP contribution in [0.3, 0.4) is 0 Å². The molecule has 0 bridgehead atoms. The third-order valence-corrected chi connectivity index (χ3v) is 4.41. The number of carbonyl (C=O) groups is 2. The van der Waals surface area contributed by atoms with Crippen molar-refractivity contribution in [3.63, 3.8) is 0 Å². The van der Waals surface area contributed by atoms with Gasteiger partial charge in [0.2, 0.25) is 0 Å². The molecule has 1 amide bonds. The lowest BCUT2D eigenvalue weighted by Crippen LogP contribution is -2.52. The van der Waals surface area contributed by atoms with Crippen molar-refractivity contribution in [2.24, 2.45) is 11.7 Å². The van der Waals surface area contributed by atoms with Crippen molar-refractivity contribution in [2.75, 3.05) is 7.11 Å². The number of nitrogens with one attached hydrogen (secondary N) is 1. The zero-order valence-electron chi connectivity index (χ0n) is 12.3. The number of aliphatic hydroxyl groups is 1. The number of nitrogens with two attached hydrogens (primary N) is 1. The Morgan fingerprint density at radius 3 is 2.76 bits per heavy atom. The van der Waals surface area contributed by atoms with Gasteiger partial charge in [0.25, 0.3) is 0 Å². The molecule has 0 spiro atoms. The van der Waals surface area contributed by atoms with Gasteiger partial charge in [0.05, 0.1) is 7.11 Å². The van der Waals surface area contributed by atoms with Crippen molar-refractivity contribution < 1.29 is 24.2 Å². The fourth-order valence-electron chi connectivity index (χ4n) is 3.21. The van der Waals surface area contributed by atoms with Gasteiger partial charge in [-0.15, -0.1) is 0 Å². The molecule has 2 fully saturated rings. The second-order valence-electron chi connectivity index (χ2n) is 5.91. The summed E-state index contributed by atoms with van der Waals surface area (Å²) in [6, 6.07) is -1.53. The summed E-state index contributed by atoms with van der Waals surface area (Å²) in [5.74, 6) is -0.153. The number of alkyl carbamates (subject to hydrolysis) is 1. The molecule has 21 heavy (non-hydrogen) atoms. The number of cyclic esters (lactones) is 1. The molecule has 1 heterocycles. The van der Waals surface area contributed by atoms with Gasteiger partial charge in [0, 0.05) is 6.04 Å². The maximum Gasteiger partial charge on any atom is 0.408 e. The van der Waals surface area contributed by atoms with Crippen LogP contribution < -0.4 is 11.1 Å². The lowest BCUT2D eigenvalue weighted by atomic mass is 9.83. The molecule has 0 aromatic heterocycles. The number of esters is 1. The van der Waals surface area contributed by atoms with Gasteiger partial charge in [-0.1, -0.05) is 32.1 Å². The normalized spacial score (nSPS) is 29.4. The minimum Gasteiger partial charge on any atom is -0.467 e. The minimum atomic E-state index is -1.09. The van der Waals surface area contributed by atoms with Crippen molar-refractivity contribution >= 4 is 12.1 Å². The van der Waals surface area contributed by atoms with Crippen LogP contribution in [0, 0.1) is 5.92 Å². The summed E-state index contributed by atoms with van der Waals surface area (Å²) < 4.78 is 9.60. The molecule has 2 rings (SSSR count). The first-order valence-corrected chi connectivity index (χ1v) is 7.51. The monoisotopic (exact) mass is 300 g/mol. The highest BCUT2D eigenvalue weighted by Gasteiger charge is 2.46. The van der Waals surface area contributed by atoms with E-state index in [2.05, 4.69) is 10.1 Å². The van der Waals surface area contributed by atoms with Crippen LogP contribution in [-0.4, -0.2) is 48.6 Å². The highest BCUT2D eigenvalue weighted by Crippen LogP contribution is 2.28. The number of ether oxygens (including phenoxy) is 2. The molecule has 1 saturated heterocycles. The van der Waals surface area contributed by atoms with Crippen molar-refractivity contribution in [1.82, 2.24) is 5.32 Å². The van der Waals surface area contributed by atoms with Crippen molar-refractivity contribution in [3.8, 4) is 0 Å². The fourth-order valence-corrected chi connectivity index (χ4v) is 3.21. The lowest BCUT2D eigenvalue weighted by molar-refractivity contribution is -0.145. The van der Waals surface area contributed by atoms with Gasteiger partial charge in [-0.25, -0.2) is 9.59 Å². The summed E-state index contributed by atoms with van der Waals surface area (Å²) in [6.07, 6.45) is 3.72. The van der Waals surface area contributed by atoms with Crippen LogP contribution >= 0.6 is 0 Å². The summed E-state index contributed by atoms with van der Waals surface area (Å²) in [7, 11) is 1.22. The van der Waals surface area contributed by atoms with Crippen molar-refractivity contribution in [2.45, 2.75) is 62.8 Å². The maximum absolute atomic E-state index is 11.6. The second kappa shape index (κ2) is 7.09. The number of amides is 1. The summed E-state index contributed by atoms with van der Waals surface area (Å²) >= 11 is 0. The molecule has 7 heteroatoms. The van der Waals surface area contributed by atoms with Crippen LogP contribution in [-0.2, 0) is 14.3 Å². The molecule has 2 aliphatic rings. The third kappa shape index (κ3) is 3.85. The van der Waals surface area contributed by atoms with Gasteiger partial charge in [0.15, 0.2) is 12.1 Å². The number of methoxy groups -OCH3 is 1. The topological polar surface area (TPSA) is 111 Å². The average Bonchev–Trinajstić information content (AvgIpc) is 2.88. The Morgan fingerprint density at radius 2 is 2.14 bits per heavy atom. The van der Waals surface area contributed by atoms with E-state index in [1.807, 2.05) is 0 Å². The number of hydrogen-bond acceptors (Lipinski definition) is 6. The fraction of sp³-hybridized carbons (Fsp3) is 0.857. The smallest absolute Gasteiger partial charge is 0.408 e. The highest BCUT2D eigenvalue weighted by atomic mass is 16.6. The SMILES string of the molecule is COC(=O)C1NC(=O)OC1C(O)C(N)CC1CCCCC1.